The summed E-state index contributed by atoms with van der Waals surface area (Å²) < 4.78 is 5.28. The quantitative estimate of drug-likeness (QED) is 0.554. The summed E-state index contributed by atoms with van der Waals surface area (Å²) in [4.78, 5) is 24.0. The molecule has 0 N–H and O–H groups in total. The van der Waals surface area contributed by atoms with E-state index in [0.29, 0.717) is 5.92 Å². The van der Waals surface area contributed by atoms with Crippen molar-refractivity contribution < 1.29 is 0 Å². The molecule has 27 heavy (non-hydrogen) atoms. The van der Waals surface area contributed by atoms with Crippen molar-refractivity contribution in [2.45, 2.75) is 19.4 Å². The zero-order chi connectivity index (χ0) is 18.4. The molecule has 1 fully saturated rings. The normalized spacial score (nSPS) is 15.8. The predicted molar refractivity (Wildman–Crippen MR) is 103 cm³/mol. The molecular formula is C19H21N7O. The molecule has 138 valence electrons. The van der Waals surface area contributed by atoms with E-state index >= 15 is 0 Å². The molecule has 4 aromatic heterocycles. The van der Waals surface area contributed by atoms with E-state index in [0.717, 1.165) is 55.1 Å². The first-order valence-electron chi connectivity index (χ1n) is 9.26. The van der Waals surface area contributed by atoms with Crippen molar-refractivity contribution in [2.24, 2.45) is 13.0 Å². The summed E-state index contributed by atoms with van der Waals surface area (Å²) >= 11 is 0. The molecule has 0 aliphatic carbocycles. The lowest BCUT2D eigenvalue weighted by Gasteiger charge is -2.32. The van der Waals surface area contributed by atoms with Gasteiger partial charge in [0, 0.05) is 45.1 Å². The van der Waals surface area contributed by atoms with E-state index < -0.39 is 0 Å². The molecule has 0 amide bonds. The zero-order valence-corrected chi connectivity index (χ0v) is 15.2. The van der Waals surface area contributed by atoms with Gasteiger partial charge in [-0.05, 0) is 37.0 Å². The molecule has 5 heterocycles. The highest BCUT2D eigenvalue weighted by molar-refractivity contribution is 5.71. The van der Waals surface area contributed by atoms with Crippen molar-refractivity contribution in [3.05, 3.63) is 53.3 Å². The fraction of sp³-hybridized carbons (Fsp3) is 0.368. The molecule has 0 radical (unpaired) electrons. The second-order valence-electron chi connectivity index (χ2n) is 7.15. The number of anilines is 1. The molecule has 0 aromatic carbocycles. The molecule has 5 rings (SSSR count). The van der Waals surface area contributed by atoms with Crippen molar-refractivity contribution in [1.29, 1.82) is 0 Å². The molecule has 4 aromatic rings. The van der Waals surface area contributed by atoms with Gasteiger partial charge in [0.25, 0.3) is 0 Å². The van der Waals surface area contributed by atoms with Crippen LogP contribution in [0.15, 0.2) is 47.7 Å². The van der Waals surface area contributed by atoms with E-state index in [-0.39, 0.29) is 5.69 Å². The Morgan fingerprint density at radius 2 is 2.00 bits per heavy atom. The first-order valence-corrected chi connectivity index (χ1v) is 9.26. The monoisotopic (exact) mass is 363 g/mol. The molecule has 0 unspecified atom stereocenters. The van der Waals surface area contributed by atoms with Gasteiger partial charge in [-0.15, -0.1) is 0 Å². The Labute approximate surface area is 155 Å². The van der Waals surface area contributed by atoms with E-state index in [1.165, 1.54) is 0 Å². The number of hydrogen-bond acceptors (Lipinski definition) is 5. The van der Waals surface area contributed by atoms with Crippen LogP contribution in [0.5, 0.6) is 0 Å². The minimum Gasteiger partial charge on any atom is -0.356 e. The minimum atomic E-state index is 0.0129. The molecule has 0 spiro atoms. The van der Waals surface area contributed by atoms with Crippen LogP contribution in [0, 0.1) is 5.92 Å². The van der Waals surface area contributed by atoms with Crippen molar-refractivity contribution in [3.8, 4) is 0 Å². The predicted octanol–water partition coefficient (Wildman–Crippen LogP) is 1.69. The SMILES string of the molecule is Cn1c(=O)n(CC2CCN(c3ccn4nccc4n3)CC2)c2ncccc21. The highest BCUT2D eigenvalue weighted by atomic mass is 16.1. The van der Waals surface area contributed by atoms with Gasteiger partial charge < -0.3 is 4.90 Å². The molecule has 0 bridgehead atoms. The number of imidazole rings is 1. The van der Waals surface area contributed by atoms with Gasteiger partial charge in [0.15, 0.2) is 11.3 Å². The largest absolute Gasteiger partial charge is 0.356 e. The van der Waals surface area contributed by atoms with E-state index in [1.54, 1.807) is 21.5 Å². The number of piperidine rings is 1. The first kappa shape index (κ1) is 16.0. The third-order valence-corrected chi connectivity index (χ3v) is 5.52. The molecule has 8 heteroatoms. The third-order valence-electron chi connectivity index (χ3n) is 5.52. The van der Waals surface area contributed by atoms with Gasteiger partial charge in [-0.2, -0.15) is 5.10 Å². The van der Waals surface area contributed by atoms with Gasteiger partial charge >= 0.3 is 5.69 Å². The smallest absolute Gasteiger partial charge is 0.330 e. The number of fused-ring (bicyclic) bond motifs is 2. The van der Waals surface area contributed by atoms with Crippen LogP contribution in [0.25, 0.3) is 16.8 Å². The Morgan fingerprint density at radius 3 is 2.85 bits per heavy atom. The van der Waals surface area contributed by atoms with Crippen LogP contribution in [0.3, 0.4) is 0 Å². The summed E-state index contributed by atoms with van der Waals surface area (Å²) in [6.45, 7) is 2.60. The van der Waals surface area contributed by atoms with Crippen LogP contribution in [0.1, 0.15) is 12.8 Å². The Balaban J connectivity index is 1.32. The maximum Gasteiger partial charge on any atom is 0.330 e. The lowest BCUT2D eigenvalue weighted by molar-refractivity contribution is 0.354. The maximum atomic E-state index is 12.6. The first-order chi connectivity index (χ1) is 13.2. The third kappa shape index (κ3) is 2.68. The Kier molecular flexibility index (Phi) is 3.70. The van der Waals surface area contributed by atoms with Crippen molar-refractivity contribution in [3.63, 3.8) is 0 Å². The number of pyridine rings is 1. The molecule has 1 aliphatic heterocycles. The topological polar surface area (TPSA) is 73.2 Å². The molecule has 8 nitrogen and oxygen atoms in total. The zero-order valence-electron chi connectivity index (χ0n) is 15.2. The molecule has 0 atom stereocenters. The average molecular weight is 363 g/mol. The number of rotatable bonds is 3. The molecular weight excluding hydrogens is 342 g/mol. The second-order valence-corrected chi connectivity index (χ2v) is 7.15. The summed E-state index contributed by atoms with van der Waals surface area (Å²) in [5.41, 5.74) is 2.54. The number of aryl methyl sites for hydroxylation is 1. The van der Waals surface area contributed by atoms with Gasteiger partial charge in [0.05, 0.1) is 11.7 Å². The van der Waals surface area contributed by atoms with Gasteiger partial charge in [-0.25, -0.2) is 19.3 Å². The van der Waals surface area contributed by atoms with E-state index in [9.17, 15) is 4.79 Å². The Morgan fingerprint density at radius 1 is 1.15 bits per heavy atom. The van der Waals surface area contributed by atoms with Crippen LogP contribution in [-0.2, 0) is 13.6 Å². The lowest BCUT2D eigenvalue weighted by Crippen LogP contribution is -2.37. The maximum absolute atomic E-state index is 12.6. The van der Waals surface area contributed by atoms with Gasteiger partial charge in [-0.3, -0.25) is 9.13 Å². The molecule has 0 saturated carbocycles. The highest BCUT2D eigenvalue weighted by Crippen LogP contribution is 2.24. The van der Waals surface area contributed by atoms with Crippen molar-refractivity contribution in [1.82, 2.24) is 28.7 Å². The lowest BCUT2D eigenvalue weighted by atomic mass is 9.96. The highest BCUT2D eigenvalue weighted by Gasteiger charge is 2.23. The van der Waals surface area contributed by atoms with Crippen LogP contribution in [-0.4, -0.2) is 41.8 Å². The second kappa shape index (κ2) is 6.22. The summed E-state index contributed by atoms with van der Waals surface area (Å²) in [7, 11) is 1.81. The molecule has 1 aliphatic rings. The average Bonchev–Trinajstić information content (AvgIpc) is 3.27. The van der Waals surface area contributed by atoms with Gasteiger partial charge in [-0.1, -0.05) is 0 Å². The van der Waals surface area contributed by atoms with Crippen LogP contribution < -0.4 is 10.6 Å². The summed E-state index contributed by atoms with van der Waals surface area (Å²) in [6.07, 6.45) is 7.52. The van der Waals surface area contributed by atoms with Crippen molar-refractivity contribution in [2.75, 3.05) is 18.0 Å². The fourth-order valence-electron chi connectivity index (χ4n) is 3.98. The van der Waals surface area contributed by atoms with Gasteiger partial charge in [0.2, 0.25) is 0 Å². The van der Waals surface area contributed by atoms with Crippen LogP contribution in [0.4, 0.5) is 5.82 Å². The van der Waals surface area contributed by atoms with Gasteiger partial charge in [0.1, 0.15) is 5.82 Å². The Hall–Kier alpha value is -3.16. The van der Waals surface area contributed by atoms with E-state index in [1.807, 2.05) is 42.1 Å². The number of nitrogens with zero attached hydrogens (tertiary/aromatic N) is 7. The number of aromatic nitrogens is 6. The van der Waals surface area contributed by atoms with E-state index in [4.69, 9.17) is 0 Å². The molecule has 1 saturated heterocycles. The van der Waals surface area contributed by atoms with Crippen LogP contribution in [0.2, 0.25) is 0 Å². The number of hydrogen-bond donors (Lipinski definition) is 0. The summed E-state index contributed by atoms with van der Waals surface area (Å²) in [5.74, 6) is 1.45. The summed E-state index contributed by atoms with van der Waals surface area (Å²) in [6, 6.07) is 7.74. The van der Waals surface area contributed by atoms with Crippen LogP contribution >= 0.6 is 0 Å². The summed E-state index contributed by atoms with van der Waals surface area (Å²) in [5, 5.41) is 4.19. The standard InChI is InChI=1S/C19H21N7O/c1-23-15-3-2-8-20-18(15)25(19(23)27)13-14-5-10-24(11-6-14)16-7-12-26-17(22-16)4-9-21-26/h2-4,7-9,12,14H,5-6,10-11,13H2,1H3. The fourth-order valence-corrected chi connectivity index (χ4v) is 3.98. The minimum absolute atomic E-state index is 0.0129. The van der Waals surface area contributed by atoms with Crippen molar-refractivity contribution >= 4 is 22.6 Å². The Bertz CT molecular complexity index is 1160. The van der Waals surface area contributed by atoms with E-state index in [2.05, 4.69) is 20.0 Å².